The minimum Gasteiger partial charge on any atom is -0.488 e. The number of piperidine rings is 1. The molecule has 0 bridgehead atoms. The van der Waals surface area contributed by atoms with Crippen molar-refractivity contribution < 1.29 is 46.9 Å². The summed E-state index contributed by atoms with van der Waals surface area (Å²) < 4.78 is 61.4. The number of likely N-dealkylation sites (tertiary alicyclic amines) is 1. The van der Waals surface area contributed by atoms with E-state index in [0.717, 1.165) is 6.07 Å². The molecular weight excluding hydrogens is 831 g/mol. The second-order valence-electron chi connectivity index (χ2n) is 15.6. The first kappa shape index (κ1) is 42.5. The lowest BCUT2D eigenvalue weighted by Crippen LogP contribution is -2.49. The first-order valence-corrected chi connectivity index (χ1v) is 20.5. The summed E-state index contributed by atoms with van der Waals surface area (Å²) in [4.78, 5) is 54.0. The van der Waals surface area contributed by atoms with Crippen molar-refractivity contribution in [2.75, 3.05) is 50.8 Å². The molecule has 0 radical (unpaired) electrons. The molecule has 1 aromatic heterocycles. The molecule has 2 saturated heterocycles. The maximum atomic E-state index is 16.4. The van der Waals surface area contributed by atoms with Crippen molar-refractivity contribution in [3.05, 3.63) is 105 Å². The number of primary amides is 1. The number of hydrogen-bond donors (Lipinski definition) is 4. The summed E-state index contributed by atoms with van der Waals surface area (Å²) in [6.07, 6.45) is 1.02. The lowest BCUT2D eigenvalue weighted by atomic mass is 9.77. The van der Waals surface area contributed by atoms with Gasteiger partial charge in [-0.25, -0.2) is 18.0 Å². The second kappa shape index (κ2) is 16.9. The van der Waals surface area contributed by atoms with Crippen molar-refractivity contribution in [1.82, 2.24) is 25.3 Å². The Morgan fingerprint density at radius 1 is 1.03 bits per heavy atom. The summed E-state index contributed by atoms with van der Waals surface area (Å²) in [5.74, 6) is -4.87. The zero-order chi connectivity index (χ0) is 44.0. The Labute approximate surface area is 358 Å². The van der Waals surface area contributed by atoms with Crippen LogP contribution in [0.5, 0.6) is 11.5 Å². The SMILES string of the molecule is CC1c2c(cc(F)c(Cl)c2-c2c(C(N)=O)ccc(OCCO)c2F)OC1(CNCC(=O)N1CCC(c2c(F)ccc3c(N4CCC(=O)NC4=O)nn(C)c23)CC1)c1ccccc1. The van der Waals surface area contributed by atoms with Crippen LogP contribution in [0.2, 0.25) is 5.02 Å². The van der Waals surface area contributed by atoms with Crippen molar-refractivity contribution in [2.45, 2.75) is 43.6 Å². The van der Waals surface area contributed by atoms with Gasteiger partial charge in [-0.05, 0) is 48.6 Å². The number of fused-ring (bicyclic) bond motifs is 2. The molecule has 5 N–H and O–H groups in total. The molecule has 5 aromatic rings. The molecule has 0 saturated carbocycles. The Kier molecular flexibility index (Phi) is 11.6. The van der Waals surface area contributed by atoms with Crippen LogP contribution in [-0.2, 0) is 22.2 Å². The molecule has 3 aliphatic heterocycles. The van der Waals surface area contributed by atoms with Gasteiger partial charge in [0.2, 0.25) is 17.7 Å². The molecule has 5 amide bonds. The topological polar surface area (TPSA) is 181 Å². The average molecular weight is 874 g/mol. The number of aromatic nitrogens is 2. The minimum absolute atomic E-state index is 0.0256. The molecule has 14 nitrogen and oxygen atoms in total. The number of aryl methyl sites for hydroxylation is 1. The molecule has 4 heterocycles. The third kappa shape index (κ3) is 7.36. The summed E-state index contributed by atoms with van der Waals surface area (Å²) in [6.45, 7) is 1.84. The Morgan fingerprint density at radius 2 is 1.77 bits per heavy atom. The van der Waals surface area contributed by atoms with Gasteiger partial charge in [-0.1, -0.05) is 48.9 Å². The molecule has 0 spiro atoms. The molecule has 4 aromatic carbocycles. The number of amides is 5. The van der Waals surface area contributed by atoms with Crippen LogP contribution in [0.4, 0.5) is 23.8 Å². The standard InChI is InChI=1S/C44H43ClF3N7O7/c1-23-34-31(20-29(47)38(45)37(34)36-26(41(49)59)9-11-30(39(36)48)61-19-18-56)62-44(23,25-6-4-3-5-7-25)22-50-21-33(58)54-15-12-24(13-16-54)35-28(46)10-8-27-40(35)53(2)52-42(27)55-17-14-32(57)51-43(55)60/h3-11,20,23-24,50,56H,12-19,21-22H2,1-2H3,(H2,49,59)(H,51,57,60). The van der Waals surface area contributed by atoms with Crippen molar-refractivity contribution in [1.29, 1.82) is 0 Å². The van der Waals surface area contributed by atoms with E-state index in [2.05, 4.69) is 15.7 Å². The number of carbonyl (C=O) groups excluding carboxylic acids is 4. The third-order valence-corrected chi connectivity index (χ3v) is 12.5. The molecule has 324 valence electrons. The fourth-order valence-corrected chi connectivity index (χ4v) is 9.34. The zero-order valence-electron chi connectivity index (χ0n) is 33.8. The largest absolute Gasteiger partial charge is 0.488 e. The van der Waals surface area contributed by atoms with Crippen LogP contribution in [-0.4, -0.2) is 89.5 Å². The number of anilines is 1. The van der Waals surface area contributed by atoms with Crippen LogP contribution in [0.15, 0.2) is 60.7 Å². The van der Waals surface area contributed by atoms with Crippen molar-refractivity contribution in [3.63, 3.8) is 0 Å². The number of aliphatic hydroxyl groups is 1. The van der Waals surface area contributed by atoms with E-state index >= 15 is 13.2 Å². The number of urea groups is 1. The Balaban J connectivity index is 1.02. The summed E-state index contributed by atoms with van der Waals surface area (Å²) in [5, 5.41) is 19.5. The van der Waals surface area contributed by atoms with Gasteiger partial charge in [-0.3, -0.25) is 29.3 Å². The summed E-state index contributed by atoms with van der Waals surface area (Å²) in [6, 6.07) is 14.9. The van der Waals surface area contributed by atoms with E-state index in [4.69, 9.17) is 26.8 Å². The Hall–Kier alpha value is -6.17. The quantitative estimate of drug-likeness (QED) is 0.124. The van der Waals surface area contributed by atoms with Crippen LogP contribution in [0.25, 0.3) is 22.0 Å². The number of nitrogens with one attached hydrogen (secondary N) is 2. The minimum atomic E-state index is -1.29. The highest BCUT2D eigenvalue weighted by Gasteiger charge is 2.50. The van der Waals surface area contributed by atoms with Crippen molar-refractivity contribution >= 4 is 52.1 Å². The van der Waals surface area contributed by atoms with E-state index in [1.807, 2.05) is 18.2 Å². The molecule has 0 aliphatic carbocycles. The highest BCUT2D eigenvalue weighted by molar-refractivity contribution is 6.34. The first-order chi connectivity index (χ1) is 29.7. The molecule has 8 rings (SSSR count). The van der Waals surface area contributed by atoms with Gasteiger partial charge in [0.25, 0.3) is 0 Å². The van der Waals surface area contributed by atoms with Crippen LogP contribution in [0.1, 0.15) is 65.1 Å². The fraction of sp³-hybridized carbons (Fsp3) is 0.341. The maximum absolute atomic E-state index is 16.4. The zero-order valence-corrected chi connectivity index (χ0v) is 34.5. The number of halogens is 4. The number of hydrogen-bond acceptors (Lipinski definition) is 9. The van der Waals surface area contributed by atoms with Gasteiger partial charge >= 0.3 is 6.03 Å². The highest BCUT2D eigenvalue weighted by atomic mass is 35.5. The smallest absolute Gasteiger partial charge is 0.329 e. The Morgan fingerprint density at radius 3 is 2.47 bits per heavy atom. The van der Waals surface area contributed by atoms with Crippen molar-refractivity contribution in [3.8, 4) is 22.6 Å². The lowest BCUT2D eigenvalue weighted by Gasteiger charge is -2.35. The van der Waals surface area contributed by atoms with Gasteiger partial charge in [0.15, 0.2) is 23.0 Å². The maximum Gasteiger partial charge on any atom is 0.329 e. The molecule has 2 fully saturated rings. The second-order valence-corrected chi connectivity index (χ2v) is 16.0. The average Bonchev–Trinajstić information content (AvgIpc) is 3.73. The highest BCUT2D eigenvalue weighted by Crippen LogP contribution is 2.56. The Bertz CT molecular complexity index is 2620. The number of imide groups is 1. The number of nitrogens with two attached hydrogens (primary N) is 1. The summed E-state index contributed by atoms with van der Waals surface area (Å²) >= 11 is 6.64. The van der Waals surface area contributed by atoms with Crippen LogP contribution in [0, 0.1) is 17.5 Å². The van der Waals surface area contributed by atoms with Gasteiger partial charge in [-0.15, -0.1) is 0 Å². The van der Waals surface area contributed by atoms with Crippen LogP contribution in [0.3, 0.4) is 0 Å². The van der Waals surface area contributed by atoms with Gasteiger partial charge in [-0.2, -0.15) is 5.10 Å². The van der Waals surface area contributed by atoms with Gasteiger partial charge < -0.3 is 30.5 Å². The van der Waals surface area contributed by atoms with E-state index in [-0.39, 0.29) is 78.6 Å². The van der Waals surface area contributed by atoms with Crippen LogP contribution >= 0.6 is 11.6 Å². The lowest BCUT2D eigenvalue weighted by molar-refractivity contribution is -0.131. The van der Waals surface area contributed by atoms with E-state index in [0.29, 0.717) is 59.3 Å². The summed E-state index contributed by atoms with van der Waals surface area (Å²) in [5.41, 5.74) is 5.55. The van der Waals surface area contributed by atoms with E-state index < -0.39 is 52.5 Å². The van der Waals surface area contributed by atoms with E-state index in [1.165, 1.54) is 23.1 Å². The number of rotatable bonds is 12. The van der Waals surface area contributed by atoms with Gasteiger partial charge in [0.05, 0.1) is 29.3 Å². The molecule has 3 aliphatic rings. The van der Waals surface area contributed by atoms with E-state index in [1.54, 1.807) is 41.8 Å². The monoisotopic (exact) mass is 873 g/mol. The third-order valence-electron chi connectivity index (χ3n) is 12.1. The van der Waals surface area contributed by atoms with Crippen molar-refractivity contribution in [2.24, 2.45) is 12.8 Å². The van der Waals surface area contributed by atoms with Gasteiger partial charge in [0, 0.05) is 79.3 Å². The number of aliphatic hydroxyl groups excluding tert-OH is 1. The number of benzene rings is 4. The number of nitrogens with zero attached hydrogens (tertiary/aromatic N) is 4. The summed E-state index contributed by atoms with van der Waals surface area (Å²) in [7, 11) is 1.68. The molecule has 2 atom stereocenters. The first-order valence-electron chi connectivity index (χ1n) is 20.1. The fourth-order valence-electron chi connectivity index (χ4n) is 9.08. The normalized spacial score (nSPS) is 19.1. The predicted molar refractivity (Wildman–Crippen MR) is 223 cm³/mol. The molecule has 18 heteroatoms. The predicted octanol–water partition coefficient (Wildman–Crippen LogP) is 5.61. The van der Waals surface area contributed by atoms with Gasteiger partial charge in [0.1, 0.15) is 24.0 Å². The van der Waals surface area contributed by atoms with E-state index in [9.17, 15) is 24.3 Å². The van der Waals surface area contributed by atoms with Crippen LogP contribution < -0.4 is 30.7 Å². The molecule has 62 heavy (non-hydrogen) atoms. The molecule has 2 unspecified atom stereocenters. The number of ether oxygens (including phenoxy) is 2. The number of carbonyl (C=O) groups is 4. The molecular formula is C44H43ClF3N7O7.